The van der Waals surface area contributed by atoms with Crippen molar-refractivity contribution < 1.29 is 22.9 Å². The fraction of sp³-hybridized carbons (Fsp3) is 0.353. The second-order valence-electron chi connectivity index (χ2n) is 5.55. The summed E-state index contributed by atoms with van der Waals surface area (Å²) in [5, 5.41) is 4.69. The van der Waals surface area contributed by atoms with E-state index < -0.39 is 11.7 Å². The lowest BCUT2D eigenvalue weighted by Crippen LogP contribution is -3.15. The highest BCUT2D eigenvalue weighted by atomic mass is 32.1. The summed E-state index contributed by atoms with van der Waals surface area (Å²) in [6.07, 6.45) is -4.38. The lowest BCUT2D eigenvalue weighted by atomic mass is 10.2. The molecule has 3 nitrogen and oxygen atoms in total. The largest absolute Gasteiger partial charge is 0.416 e. The van der Waals surface area contributed by atoms with Gasteiger partial charge in [0.25, 0.3) is 5.91 Å². The van der Waals surface area contributed by atoms with Crippen LogP contribution in [-0.2, 0) is 17.5 Å². The first-order chi connectivity index (χ1) is 11.3. The van der Waals surface area contributed by atoms with Gasteiger partial charge in [-0.1, -0.05) is 6.07 Å². The number of amides is 1. The summed E-state index contributed by atoms with van der Waals surface area (Å²) in [6, 6.07) is 8.18. The summed E-state index contributed by atoms with van der Waals surface area (Å²) in [5.74, 6) is -0.205. The smallest absolute Gasteiger partial charge is 0.321 e. The van der Waals surface area contributed by atoms with Crippen LogP contribution in [0.1, 0.15) is 24.3 Å². The molecule has 2 N–H and O–H groups in total. The number of alkyl halides is 3. The Morgan fingerprint density at radius 2 is 1.92 bits per heavy atom. The number of likely N-dealkylation sites (N-methyl/N-ethyl adjacent to an activating group) is 1. The molecule has 1 heterocycles. The van der Waals surface area contributed by atoms with Crippen molar-refractivity contribution in [3.8, 4) is 0 Å². The Hall–Kier alpha value is -1.86. The Morgan fingerprint density at radius 3 is 2.42 bits per heavy atom. The number of rotatable bonds is 6. The molecular weight excluding hydrogens is 337 g/mol. The minimum absolute atomic E-state index is 0.205. The molecule has 0 aliphatic heterocycles. The Morgan fingerprint density at radius 1 is 1.25 bits per heavy atom. The third-order valence-electron chi connectivity index (χ3n) is 3.92. The van der Waals surface area contributed by atoms with Crippen molar-refractivity contribution in [3.63, 3.8) is 0 Å². The van der Waals surface area contributed by atoms with E-state index in [1.165, 1.54) is 17.0 Å². The van der Waals surface area contributed by atoms with Crippen molar-refractivity contribution in [2.45, 2.75) is 32.6 Å². The normalized spacial score (nSPS) is 14.2. The van der Waals surface area contributed by atoms with E-state index in [1.807, 2.05) is 31.4 Å². The SMILES string of the molecule is CC[NH+](Cc1cccs1)[C@@H](C)C(=O)Nc1ccc(C(F)(F)F)cc1. The number of carbonyl (C=O) groups excluding carboxylic acids is 1. The zero-order chi connectivity index (χ0) is 17.7. The Kier molecular flexibility index (Phi) is 6.01. The Balaban J connectivity index is 1.99. The maximum Gasteiger partial charge on any atom is 0.416 e. The second-order valence-corrected chi connectivity index (χ2v) is 6.59. The van der Waals surface area contributed by atoms with Crippen LogP contribution >= 0.6 is 11.3 Å². The molecule has 0 radical (unpaired) electrons. The van der Waals surface area contributed by atoms with Gasteiger partial charge in [-0.3, -0.25) is 4.79 Å². The van der Waals surface area contributed by atoms with Gasteiger partial charge in [0, 0.05) is 5.69 Å². The van der Waals surface area contributed by atoms with E-state index >= 15 is 0 Å². The van der Waals surface area contributed by atoms with Gasteiger partial charge in [0.05, 0.1) is 17.0 Å². The first kappa shape index (κ1) is 18.5. The molecule has 0 saturated heterocycles. The summed E-state index contributed by atoms with van der Waals surface area (Å²) in [4.78, 5) is 14.7. The number of hydrogen-bond donors (Lipinski definition) is 2. The van der Waals surface area contributed by atoms with E-state index in [4.69, 9.17) is 0 Å². The van der Waals surface area contributed by atoms with Crippen molar-refractivity contribution in [1.29, 1.82) is 0 Å². The molecule has 0 saturated carbocycles. The number of carbonyl (C=O) groups is 1. The molecule has 24 heavy (non-hydrogen) atoms. The Labute approximate surface area is 143 Å². The first-order valence-electron chi connectivity index (χ1n) is 7.66. The predicted octanol–water partition coefficient (Wildman–Crippen LogP) is 3.20. The standard InChI is InChI=1S/C17H19F3N2OS/c1-3-22(11-15-5-4-10-24-15)12(2)16(23)21-14-8-6-13(7-9-14)17(18,19)20/h4-10,12H,3,11H2,1-2H3,(H,21,23)/p+1/t12-/m0/s1. The number of anilines is 1. The van der Waals surface area contributed by atoms with Gasteiger partial charge >= 0.3 is 6.18 Å². The van der Waals surface area contributed by atoms with E-state index in [9.17, 15) is 18.0 Å². The van der Waals surface area contributed by atoms with Gasteiger partial charge in [0.1, 0.15) is 6.54 Å². The molecule has 7 heteroatoms. The van der Waals surface area contributed by atoms with Crippen molar-refractivity contribution in [2.24, 2.45) is 0 Å². The van der Waals surface area contributed by atoms with Crippen LogP contribution in [0.4, 0.5) is 18.9 Å². The van der Waals surface area contributed by atoms with Crippen LogP contribution in [0, 0.1) is 0 Å². The first-order valence-corrected chi connectivity index (χ1v) is 8.54. The number of thiophene rings is 1. The average molecular weight is 357 g/mol. The molecule has 0 spiro atoms. The zero-order valence-corrected chi connectivity index (χ0v) is 14.3. The Bertz CT molecular complexity index is 653. The lowest BCUT2D eigenvalue weighted by molar-refractivity contribution is -0.925. The van der Waals surface area contributed by atoms with Gasteiger partial charge in [-0.05, 0) is 49.6 Å². The van der Waals surface area contributed by atoms with Crippen molar-refractivity contribution in [2.75, 3.05) is 11.9 Å². The van der Waals surface area contributed by atoms with Crippen molar-refractivity contribution >= 4 is 22.9 Å². The van der Waals surface area contributed by atoms with Crippen LogP contribution in [0.5, 0.6) is 0 Å². The fourth-order valence-corrected chi connectivity index (χ4v) is 3.16. The average Bonchev–Trinajstić information content (AvgIpc) is 3.04. The fourth-order valence-electron chi connectivity index (χ4n) is 2.40. The van der Waals surface area contributed by atoms with E-state index in [2.05, 4.69) is 5.32 Å². The van der Waals surface area contributed by atoms with Gasteiger partial charge in [0.2, 0.25) is 0 Å². The molecule has 0 bridgehead atoms. The quantitative estimate of drug-likeness (QED) is 0.818. The lowest BCUT2D eigenvalue weighted by Gasteiger charge is -2.23. The van der Waals surface area contributed by atoms with Crippen molar-refractivity contribution in [1.82, 2.24) is 0 Å². The predicted molar refractivity (Wildman–Crippen MR) is 89.1 cm³/mol. The molecule has 130 valence electrons. The molecular formula is C17H20F3N2OS+. The van der Waals surface area contributed by atoms with E-state index in [0.29, 0.717) is 5.69 Å². The highest BCUT2D eigenvalue weighted by Gasteiger charge is 2.30. The third-order valence-corrected chi connectivity index (χ3v) is 4.80. The third kappa shape index (κ3) is 4.82. The molecule has 1 aromatic heterocycles. The number of quaternary nitrogens is 1. The zero-order valence-electron chi connectivity index (χ0n) is 13.5. The number of nitrogens with one attached hydrogen (secondary N) is 2. The minimum atomic E-state index is -4.38. The van der Waals surface area contributed by atoms with Gasteiger partial charge in [0.15, 0.2) is 6.04 Å². The maximum absolute atomic E-state index is 12.6. The van der Waals surface area contributed by atoms with Crippen molar-refractivity contribution in [3.05, 3.63) is 52.2 Å². The summed E-state index contributed by atoms with van der Waals surface area (Å²) in [6.45, 7) is 5.35. The highest BCUT2D eigenvalue weighted by Crippen LogP contribution is 2.29. The molecule has 0 aliphatic carbocycles. The summed E-state index contributed by atoms with van der Waals surface area (Å²) >= 11 is 1.64. The molecule has 2 rings (SSSR count). The van der Waals surface area contributed by atoms with Gasteiger partial charge in [-0.15, -0.1) is 11.3 Å². The monoisotopic (exact) mass is 357 g/mol. The molecule has 1 aromatic carbocycles. The topological polar surface area (TPSA) is 33.5 Å². The molecule has 2 aromatic rings. The van der Waals surface area contributed by atoms with E-state index in [1.54, 1.807) is 11.3 Å². The van der Waals surface area contributed by atoms with Crippen LogP contribution in [0.3, 0.4) is 0 Å². The number of halogens is 3. The maximum atomic E-state index is 12.6. The summed E-state index contributed by atoms with van der Waals surface area (Å²) in [7, 11) is 0. The number of hydrogen-bond acceptors (Lipinski definition) is 2. The van der Waals surface area contributed by atoms with E-state index in [-0.39, 0.29) is 11.9 Å². The molecule has 1 unspecified atom stereocenters. The highest BCUT2D eigenvalue weighted by molar-refractivity contribution is 7.09. The minimum Gasteiger partial charge on any atom is -0.321 e. The van der Waals surface area contributed by atoms with Gasteiger partial charge in [-0.25, -0.2) is 0 Å². The molecule has 2 atom stereocenters. The van der Waals surface area contributed by atoms with Crippen LogP contribution < -0.4 is 10.2 Å². The van der Waals surface area contributed by atoms with Gasteiger partial charge < -0.3 is 10.2 Å². The van der Waals surface area contributed by atoms with Crippen LogP contribution in [0.2, 0.25) is 0 Å². The number of benzene rings is 1. The van der Waals surface area contributed by atoms with Crippen LogP contribution in [0.15, 0.2) is 41.8 Å². The van der Waals surface area contributed by atoms with Gasteiger partial charge in [-0.2, -0.15) is 13.2 Å². The summed E-state index contributed by atoms with van der Waals surface area (Å²) < 4.78 is 37.7. The molecule has 1 amide bonds. The molecule has 0 aliphatic rings. The van der Waals surface area contributed by atoms with E-state index in [0.717, 1.165) is 30.1 Å². The summed E-state index contributed by atoms with van der Waals surface area (Å²) in [5.41, 5.74) is -0.363. The second kappa shape index (κ2) is 7.81. The van der Waals surface area contributed by atoms with Crippen LogP contribution in [-0.4, -0.2) is 18.5 Å². The molecule has 0 fully saturated rings. The van der Waals surface area contributed by atoms with Crippen LogP contribution in [0.25, 0.3) is 0 Å².